The molecule has 196 valence electrons. The number of piperidine rings is 1. The molecule has 5 rings (SSSR count). The van der Waals surface area contributed by atoms with E-state index in [2.05, 4.69) is 23.2 Å². The van der Waals surface area contributed by atoms with Crippen molar-refractivity contribution in [2.45, 2.75) is 72.3 Å². The maximum atomic E-state index is 12.4. The topological polar surface area (TPSA) is 76.9 Å². The summed E-state index contributed by atoms with van der Waals surface area (Å²) in [6, 6.07) is 12.3. The summed E-state index contributed by atoms with van der Waals surface area (Å²) in [5, 5.41) is 0. The number of likely N-dealkylation sites (tertiary alicyclic amines) is 1. The number of benzene rings is 1. The van der Waals surface area contributed by atoms with Crippen LogP contribution < -0.4 is 4.74 Å². The van der Waals surface area contributed by atoms with Crippen molar-refractivity contribution in [1.29, 1.82) is 0 Å². The summed E-state index contributed by atoms with van der Waals surface area (Å²) in [4.78, 5) is 28.6. The highest BCUT2D eigenvalue weighted by atomic mass is 16.6. The van der Waals surface area contributed by atoms with Crippen LogP contribution in [0, 0.1) is 0 Å². The highest BCUT2D eigenvalue weighted by Crippen LogP contribution is 2.39. The number of rotatable bonds is 3. The summed E-state index contributed by atoms with van der Waals surface area (Å²) in [5.41, 5.74) is 7.43. The molecule has 37 heavy (non-hydrogen) atoms. The van der Waals surface area contributed by atoms with Crippen molar-refractivity contribution >= 4 is 28.5 Å². The molecule has 7 heteroatoms. The molecular weight excluding hydrogens is 464 g/mol. The molecule has 2 aromatic heterocycles. The number of carbonyl (C=O) groups excluding carboxylic acids is 1. The van der Waals surface area contributed by atoms with Gasteiger partial charge in [0.15, 0.2) is 0 Å². The first-order chi connectivity index (χ1) is 17.7. The van der Waals surface area contributed by atoms with E-state index >= 15 is 0 Å². The van der Waals surface area contributed by atoms with Crippen molar-refractivity contribution < 1.29 is 14.3 Å². The lowest BCUT2D eigenvalue weighted by Gasteiger charge is -2.33. The van der Waals surface area contributed by atoms with Crippen LogP contribution >= 0.6 is 0 Å². The number of ether oxygens (including phenoxy) is 2. The Morgan fingerprint density at radius 1 is 1.00 bits per heavy atom. The predicted octanol–water partition coefficient (Wildman–Crippen LogP) is 7.09. The Bertz CT molecular complexity index is 1320. The normalized spacial score (nSPS) is 15.5. The van der Waals surface area contributed by atoms with Crippen LogP contribution in [0.1, 0.15) is 71.6 Å². The van der Waals surface area contributed by atoms with Crippen LogP contribution in [0.3, 0.4) is 0 Å². The van der Waals surface area contributed by atoms with Gasteiger partial charge in [0, 0.05) is 48.5 Å². The summed E-state index contributed by atoms with van der Waals surface area (Å²) >= 11 is 0. The molecular formula is C30H38N4O3. The van der Waals surface area contributed by atoms with E-state index in [1.165, 1.54) is 5.56 Å². The van der Waals surface area contributed by atoms with Gasteiger partial charge in [-0.15, -0.1) is 0 Å². The predicted molar refractivity (Wildman–Crippen MR) is 149 cm³/mol. The second kappa shape index (κ2) is 10.9. The van der Waals surface area contributed by atoms with Crippen molar-refractivity contribution in [3.63, 3.8) is 0 Å². The number of aliphatic imine (C=N–C) groups is 1. The van der Waals surface area contributed by atoms with Crippen molar-refractivity contribution in [3.8, 4) is 17.0 Å². The van der Waals surface area contributed by atoms with Crippen molar-refractivity contribution in [2.24, 2.45) is 4.99 Å². The second-order valence-electron chi connectivity index (χ2n) is 10.4. The zero-order valence-electron chi connectivity index (χ0n) is 23.1. The van der Waals surface area contributed by atoms with Crippen LogP contribution in [0.25, 0.3) is 22.3 Å². The number of hydrogen-bond acceptors (Lipinski definition) is 6. The third-order valence-corrected chi connectivity index (χ3v) is 6.56. The van der Waals surface area contributed by atoms with Crippen molar-refractivity contribution in [3.05, 3.63) is 47.7 Å². The zero-order valence-corrected chi connectivity index (χ0v) is 23.1. The van der Waals surface area contributed by atoms with Gasteiger partial charge in [-0.3, -0.25) is 9.98 Å². The molecule has 0 saturated carbocycles. The number of fused-ring (bicyclic) bond motifs is 2. The Kier molecular flexibility index (Phi) is 7.81. The first-order valence-corrected chi connectivity index (χ1v) is 13.2. The summed E-state index contributed by atoms with van der Waals surface area (Å²) in [6.45, 7) is 13.1. The smallest absolute Gasteiger partial charge is 0.410 e. The molecule has 3 aromatic rings. The lowest BCUT2D eigenvalue weighted by atomic mass is 9.93. The number of carbonyl (C=O) groups is 1. The average molecular weight is 503 g/mol. The van der Waals surface area contributed by atoms with E-state index in [4.69, 9.17) is 19.4 Å². The van der Waals surface area contributed by atoms with Crippen LogP contribution in [0.2, 0.25) is 0 Å². The Hall–Kier alpha value is -3.48. The molecule has 1 saturated heterocycles. The quantitative estimate of drug-likeness (QED) is 0.382. The molecule has 0 unspecified atom stereocenters. The number of amides is 1. The van der Waals surface area contributed by atoms with Gasteiger partial charge < -0.3 is 14.4 Å². The van der Waals surface area contributed by atoms with E-state index < -0.39 is 5.60 Å². The van der Waals surface area contributed by atoms with Gasteiger partial charge in [0.25, 0.3) is 0 Å². The van der Waals surface area contributed by atoms with Gasteiger partial charge in [0.05, 0.1) is 29.5 Å². The summed E-state index contributed by atoms with van der Waals surface area (Å²) in [7, 11) is 1.68. The van der Waals surface area contributed by atoms with E-state index in [0.29, 0.717) is 19.0 Å². The van der Waals surface area contributed by atoms with Gasteiger partial charge in [0.1, 0.15) is 11.4 Å². The van der Waals surface area contributed by atoms with E-state index in [9.17, 15) is 4.79 Å². The lowest BCUT2D eigenvalue weighted by Crippen LogP contribution is -2.41. The van der Waals surface area contributed by atoms with E-state index in [0.717, 1.165) is 64.4 Å². The number of hydrogen-bond donors (Lipinski definition) is 0. The summed E-state index contributed by atoms with van der Waals surface area (Å²) in [5.74, 6) is 1.09. The number of pyridine rings is 2. The SMILES string of the molecule is CC.COc1cc2c(cc1-c1ccc3nc(C4CCN(C(=O)OC(C)(C)C)CC4)ccc3n1)CC(C)=N2. The molecule has 1 aromatic carbocycles. The minimum Gasteiger partial charge on any atom is -0.496 e. The molecule has 2 aliphatic rings. The fourth-order valence-electron chi connectivity index (χ4n) is 4.84. The number of methoxy groups -OCH3 is 1. The van der Waals surface area contributed by atoms with Gasteiger partial charge in [-0.2, -0.15) is 0 Å². The molecule has 0 N–H and O–H groups in total. The maximum absolute atomic E-state index is 12.4. The van der Waals surface area contributed by atoms with Gasteiger partial charge in [-0.25, -0.2) is 9.78 Å². The lowest BCUT2D eigenvalue weighted by molar-refractivity contribution is 0.0204. The molecule has 1 amide bonds. The van der Waals surface area contributed by atoms with Gasteiger partial charge in [-0.1, -0.05) is 13.8 Å². The van der Waals surface area contributed by atoms with E-state index in [1.807, 2.05) is 59.7 Å². The third kappa shape index (κ3) is 5.92. The molecule has 0 aliphatic carbocycles. The van der Waals surface area contributed by atoms with Crippen molar-refractivity contribution in [2.75, 3.05) is 20.2 Å². The third-order valence-electron chi connectivity index (χ3n) is 6.56. The summed E-state index contributed by atoms with van der Waals surface area (Å²) in [6.07, 6.45) is 2.37. The van der Waals surface area contributed by atoms with Crippen LogP contribution in [-0.4, -0.2) is 52.5 Å². The van der Waals surface area contributed by atoms with Gasteiger partial charge in [0.2, 0.25) is 0 Å². The molecule has 0 atom stereocenters. The van der Waals surface area contributed by atoms with E-state index in [-0.39, 0.29) is 6.09 Å². The Labute approximate surface area is 219 Å². The van der Waals surface area contributed by atoms with Crippen LogP contribution in [0.15, 0.2) is 41.4 Å². The number of nitrogens with zero attached hydrogens (tertiary/aromatic N) is 4. The second-order valence-corrected chi connectivity index (χ2v) is 10.4. The summed E-state index contributed by atoms with van der Waals surface area (Å²) < 4.78 is 11.2. The fraction of sp³-hybridized carbons (Fsp3) is 0.467. The molecule has 0 bridgehead atoms. The van der Waals surface area contributed by atoms with Crippen LogP contribution in [-0.2, 0) is 11.2 Å². The molecule has 0 spiro atoms. The largest absolute Gasteiger partial charge is 0.496 e. The average Bonchev–Trinajstić information content (AvgIpc) is 3.26. The maximum Gasteiger partial charge on any atom is 0.410 e. The number of aromatic nitrogens is 2. The Balaban J connectivity index is 0.00000156. The molecule has 0 radical (unpaired) electrons. The van der Waals surface area contributed by atoms with Crippen LogP contribution in [0.5, 0.6) is 5.75 Å². The van der Waals surface area contributed by atoms with Crippen molar-refractivity contribution in [1.82, 2.24) is 14.9 Å². The fourth-order valence-corrected chi connectivity index (χ4v) is 4.84. The molecule has 4 heterocycles. The molecule has 7 nitrogen and oxygen atoms in total. The Morgan fingerprint density at radius 2 is 1.68 bits per heavy atom. The molecule has 1 fully saturated rings. The zero-order chi connectivity index (χ0) is 26.7. The standard InChI is InChI=1S/C28H32N4O3.C2H6/c1-17-14-19-15-20(26(34-5)16-25(19)29-17)22-7-9-23-24(31-22)8-6-21(30-23)18-10-12-32(13-11-18)27(33)35-28(2,3)4;1-2/h6-9,15-16,18H,10-14H2,1-5H3;1-2H3. The highest BCUT2D eigenvalue weighted by Gasteiger charge is 2.28. The first-order valence-electron chi connectivity index (χ1n) is 13.2. The van der Waals surface area contributed by atoms with Gasteiger partial charge in [-0.05, 0) is 76.4 Å². The highest BCUT2D eigenvalue weighted by molar-refractivity contribution is 5.93. The minimum absolute atomic E-state index is 0.233. The Morgan fingerprint density at radius 3 is 2.35 bits per heavy atom. The first kappa shape index (κ1) is 26.6. The monoisotopic (exact) mass is 502 g/mol. The van der Waals surface area contributed by atoms with Gasteiger partial charge >= 0.3 is 6.09 Å². The minimum atomic E-state index is -0.476. The molecule has 2 aliphatic heterocycles. The van der Waals surface area contributed by atoms with E-state index in [1.54, 1.807) is 12.0 Å². The van der Waals surface area contributed by atoms with Crippen LogP contribution in [0.4, 0.5) is 10.5 Å².